The molecule has 0 bridgehead atoms. The Balaban J connectivity index is 1.60. The van der Waals surface area contributed by atoms with Gasteiger partial charge in [-0.15, -0.1) is 11.3 Å². The highest BCUT2D eigenvalue weighted by atomic mass is 32.1. The highest BCUT2D eigenvalue weighted by molar-refractivity contribution is 7.16. The SMILES string of the molecule is O=C(C=Cc1ccc(-c2ccccc2)s1)NCC1CC1. The standard InChI is InChI=1S/C17H17NOS/c19-17(18-12-13-6-7-13)11-9-15-8-10-16(20-15)14-4-2-1-3-5-14/h1-5,8-11,13H,6-7,12H2,(H,18,19). The van der Waals surface area contributed by atoms with Crippen LogP contribution in [0.5, 0.6) is 0 Å². The molecule has 1 aromatic carbocycles. The van der Waals surface area contributed by atoms with Crippen molar-refractivity contribution < 1.29 is 4.79 Å². The quantitative estimate of drug-likeness (QED) is 0.827. The highest BCUT2D eigenvalue weighted by Gasteiger charge is 2.20. The maximum Gasteiger partial charge on any atom is 0.244 e. The van der Waals surface area contributed by atoms with Crippen LogP contribution in [-0.2, 0) is 4.79 Å². The molecule has 0 spiro atoms. The number of hydrogen-bond donors (Lipinski definition) is 1. The summed E-state index contributed by atoms with van der Waals surface area (Å²) in [4.78, 5) is 14.0. The lowest BCUT2D eigenvalue weighted by atomic mass is 10.2. The van der Waals surface area contributed by atoms with Crippen molar-refractivity contribution in [2.75, 3.05) is 6.54 Å². The molecule has 1 fully saturated rings. The van der Waals surface area contributed by atoms with E-state index in [1.807, 2.05) is 24.3 Å². The Hall–Kier alpha value is -1.87. The molecule has 2 nitrogen and oxygen atoms in total. The van der Waals surface area contributed by atoms with Crippen molar-refractivity contribution in [3.8, 4) is 10.4 Å². The lowest BCUT2D eigenvalue weighted by Gasteiger charge is -1.98. The van der Waals surface area contributed by atoms with Crippen LogP contribution in [0, 0.1) is 5.92 Å². The molecule has 1 aliphatic carbocycles. The maximum absolute atomic E-state index is 11.6. The van der Waals surface area contributed by atoms with E-state index in [4.69, 9.17) is 0 Å². The molecule has 3 heteroatoms. The van der Waals surface area contributed by atoms with Crippen LogP contribution in [0.3, 0.4) is 0 Å². The van der Waals surface area contributed by atoms with Gasteiger partial charge in [0.2, 0.25) is 5.91 Å². The van der Waals surface area contributed by atoms with E-state index in [2.05, 4.69) is 29.6 Å². The Morgan fingerprint density at radius 3 is 2.75 bits per heavy atom. The third-order valence-corrected chi connectivity index (χ3v) is 4.45. The summed E-state index contributed by atoms with van der Waals surface area (Å²) in [6, 6.07) is 14.4. The molecule has 1 aromatic heterocycles. The fourth-order valence-corrected chi connectivity index (χ4v) is 2.90. The fraction of sp³-hybridized carbons (Fsp3) is 0.235. The monoisotopic (exact) mass is 283 g/mol. The number of rotatable bonds is 5. The lowest BCUT2D eigenvalue weighted by Crippen LogP contribution is -2.23. The molecule has 1 N–H and O–H groups in total. The molecule has 1 aliphatic rings. The summed E-state index contributed by atoms with van der Waals surface area (Å²) in [6.07, 6.45) is 6.03. The van der Waals surface area contributed by atoms with Gasteiger partial charge in [-0.3, -0.25) is 4.79 Å². The van der Waals surface area contributed by atoms with Crippen LogP contribution < -0.4 is 5.32 Å². The molecule has 102 valence electrons. The fourth-order valence-electron chi connectivity index (χ4n) is 1.98. The smallest absolute Gasteiger partial charge is 0.244 e. The average Bonchev–Trinajstić information content (AvgIpc) is 3.20. The van der Waals surface area contributed by atoms with Crippen molar-refractivity contribution in [2.24, 2.45) is 5.92 Å². The van der Waals surface area contributed by atoms with Crippen LogP contribution in [0.2, 0.25) is 0 Å². The van der Waals surface area contributed by atoms with E-state index in [1.165, 1.54) is 23.3 Å². The predicted octanol–water partition coefficient (Wildman–Crippen LogP) is 3.95. The third-order valence-electron chi connectivity index (χ3n) is 3.35. The number of thiophene rings is 1. The molecule has 0 unspecified atom stereocenters. The first-order valence-corrected chi connectivity index (χ1v) is 7.74. The van der Waals surface area contributed by atoms with Gasteiger partial charge in [0.1, 0.15) is 0 Å². The van der Waals surface area contributed by atoms with Gasteiger partial charge in [0.05, 0.1) is 0 Å². The Kier molecular flexibility index (Phi) is 3.97. The van der Waals surface area contributed by atoms with Gasteiger partial charge in [0.15, 0.2) is 0 Å². The Bertz CT molecular complexity index is 611. The largest absolute Gasteiger partial charge is 0.352 e. The van der Waals surface area contributed by atoms with Crippen molar-refractivity contribution in [3.05, 3.63) is 53.4 Å². The first-order chi connectivity index (χ1) is 9.81. The van der Waals surface area contributed by atoms with Gasteiger partial charge < -0.3 is 5.32 Å². The van der Waals surface area contributed by atoms with E-state index in [-0.39, 0.29) is 5.91 Å². The molecule has 2 aromatic rings. The summed E-state index contributed by atoms with van der Waals surface area (Å²) in [5, 5.41) is 2.93. The van der Waals surface area contributed by atoms with Crippen molar-refractivity contribution in [2.45, 2.75) is 12.8 Å². The zero-order chi connectivity index (χ0) is 13.8. The van der Waals surface area contributed by atoms with E-state index in [0.717, 1.165) is 17.3 Å². The second-order valence-electron chi connectivity index (χ2n) is 5.09. The topological polar surface area (TPSA) is 29.1 Å². The summed E-state index contributed by atoms with van der Waals surface area (Å²) in [5.41, 5.74) is 1.22. The minimum Gasteiger partial charge on any atom is -0.352 e. The molecule has 1 saturated carbocycles. The Morgan fingerprint density at radius 2 is 2.00 bits per heavy atom. The molecule has 0 radical (unpaired) electrons. The van der Waals surface area contributed by atoms with Crippen LogP contribution in [0.15, 0.2) is 48.5 Å². The molecule has 1 heterocycles. The first kappa shape index (κ1) is 13.1. The predicted molar refractivity (Wildman–Crippen MR) is 84.5 cm³/mol. The molecule has 3 rings (SSSR count). The van der Waals surface area contributed by atoms with E-state index < -0.39 is 0 Å². The van der Waals surface area contributed by atoms with Crippen LogP contribution in [0.1, 0.15) is 17.7 Å². The minimum absolute atomic E-state index is 0.00608. The summed E-state index contributed by atoms with van der Waals surface area (Å²) >= 11 is 1.70. The molecule has 20 heavy (non-hydrogen) atoms. The number of nitrogens with one attached hydrogen (secondary N) is 1. The second-order valence-corrected chi connectivity index (χ2v) is 6.21. The Morgan fingerprint density at radius 1 is 1.20 bits per heavy atom. The van der Waals surface area contributed by atoms with E-state index in [0.29, 0.717) is 0 Å². The normalized spacial score (nSPS) is 14.6. The van der Waals surface area contributed by atoms with Crippen LogP contribution in [0.25, 0.3) is 16.5 Å². The third kappa shape index (κ3) is 3.58. The molecule has 0 aliphatic heterocycles. The summed E-state index contributed by atoms with van der Waals surface area (Å²) in [6.45, 7) is 0.822. The Labute approximate surface area is 123 Å². The first-order valence-electron chi connectivity index (χ1n) is 6.92. The van der Waals surface area contributed by atoms with E-state index in [9.17, 15) is 4.79 Å². The lowest BCUT2D eigenvalue weighted by molar-refractivity contribution is -0.116. The number of hydrogen-bond acceptors (Lipinski definition) is 2. The molecule has 0 atom stereocenters. The number of carbonyl (C=O) groups excluding carboxylic acids is 1. The van der Waals surface area contributed by atoms with E-state index in [1.54, 1.807) is 17.4 Å². The average molecular weight is 283 g/mol. The number of carbonyl (C=O) groups is 1. The van der Waals surface area contributed by atoms with Crippen molar-refractivity contribution in [1.82, 2.24) is 5.32 Å². The minimum atomic E-state index is 0.00608. The van der Waals surface area contributed by atoms with Gasteiger partial charge in [-0.2, -0.15) is 0 Å². The van der Waals surface area contributed by atoms with E-state index >= 15 is 0 Å². The zero-order valence-electron chi connectivity index (χ0n) is 11.2. The summed E-state index contributed by atoms with van der Waals surface area (Å²) in [7, 11) is 0. The van der Waals surface area contributed by atoms with Crippen LogP contribution in [0.4, 0.5) is 0 Å². The molecule has 1 amide bonds. The molecular formula is C17H17NOS. The summed E-state index contributed by atoms with van der Waals surface area (Å²) in [5.74, 6) is 0.727. The molecule has 0 saturated heterocycles. The van der Waals surface area contributed by atoms with Gasteiger partial charge >= 0.3 is 0 Å². The molecular weight excluding hydrogens is 266 g/mol. The number of amides is 1. The van der Waals surface area contributed by atoms with Crippen molar-refractivity contribution >= 4 is 23.3 Å². The van der Waals surface area contributed by atoms with Crippen molar-refractivity contribution in [3.63, 3.8) is 0 Å². The zero-order valence-corrected chi connectivity index (χ0v) is 12.0. The highest BCUT2D eigenvalue weighted by Crippen LogP contribution is 2.29. The second kappa shape index (κ2) is 6.06. The van der Waals surface area contributed by atoms with Gasteiger partial charge in [0.25, 0.3) is 0 Å². The maximum atomic E-state index is 11.6. The van der Waals surface area contributed by atoms with Crippen molar-refractivity contribution in [1.29, 1.82) is 0 Å². The van der Waals surface area contributed by atoms with Gasteiger partial charge in [0, 0.05) is 22.4 Å². The summed E-state index contributed by atoms with van der Waals surface area (Å²) < 4.78 is 0. The van der Waals surface area contributed by atoms with Crippen LogP contribution >= 0.6 is 11.3 Å². The van der Waals surface area contributed by atoms with Gasteiger partial charge in [-0.1, -0.05) is 30.3 Å². The van der Waals surface area contributed by atoms with Gasteiger partial charge in [-0.25, -0.2) is 0 Å². The van der Waals surface area contributed by atoms with Gasteiger partial charge in [-0.05, 0) is 42.5 Å². The number of benzene rings is 1. The van der Waals surface area contributed by atoms with Crippen LogP contribution in [-0.4, -0.2) is 12.5 Å².